The molecule has 2 heterocycles. The standard InChI is InChI=1S/C14H23N3O2/c1-9(2)19-13-8-10(3)15-14(17-13)16-11(4)12-6-5-7-18-12/h8-9,11-12H,5-7H2,1-4H3,(H,15,16,17). The molecule has 1 saturated heterocycles. The molecule has 0 bridgehead atoms. The molecule has 1 N–H and O–H groups in total. The van der Waals surface area contributed by atoms with Gasteiger partial charge in [-0.15, -0.1) is 0 Å². The van der Waals surface area contributed by atoms with Gasteiger partial charge in [-0.25, -0.2) is 4.98 Å². The molecule has 0 radical (unpaired) electrons. The van der Waals surface area contributed by atoms with Crippen LogP contribution in [0, 0.1) is 6.92 Å². The lowest BCUT2D eigenvalue weighted by atomic mass is 10.1. The fraction of sp³-hybridized carbons (Fsp3) is 0.714. The molecule has 1 aromatic heterocycles. The summed E-state index contributed by atoms with van der Waals surface area (Å²) in [5.41, 5.74) is 0.896. The Morgan fingerprint density at radius 1 is 1.37 bits per heavy atom. The highest BCUT2D eigenvalue weighted by Gasteiger charge is 2.23. The molecule has 19 heavy (non-hydrogen) atoms. The molecule has 5 heteroatoms. The first kappa shape index (κ1) is 14.1. The number of ether oxygens (including phenoxy) is 2. The number of rotatable bonds is 5. The van der Waals surface area contributed by atoms with Gasteiger partial charge in [-0.2, -0.15) is 4.98 Å². The predicted octanol–water partition coefficient (Wildman–Crippen LogP) is 2.55. The van der Waals surface area contributed by atoms with Crippen molar-refractivity contribution >= 4 is 5.95 Å². The minimum Gasteiger partial charge on any atom is -0.475 e. The van der Waals surface area contributed by atoms with Crippen molar-refractivity contribution in [1.29, 1.82) is 0 Å². The van der Waals surface area contributed by atoms with E-state index in [1.807, 2.05) is 26.8 Å². The Hall–Kier alpha value is -1.36. The Kier molecular flexibility index (Phi) is 4.58. The van der Waals surface area contributed by atoms with Crippen molar-refractivity contribution in [3.8, 4) is 5.88 Å². The van der Waals surface area contributed by atoms with Crippen LogP contribution in [0.3, 0.4) is 0 Å². The maximum Gasteiger partial charge on any atom is 0.226 e. The van der Waals surface area contributed by atoms with Crippen LogP contribution in [0.2, 0.25) is 0 Å². The van der Waals surface area contributed by atoms with Crippen molar-refractivity contribution in [2.75, 3.05) is 11.9 Å². The van der Waals surface area contributed by atoms with Gasteiger partial charge >= 0.3 is 0 Å². The molecule has 2 unspecified atom stereocenters. The molecule has 0 amide bonds. The maximum atomic E-state index is 5.66. The Bertz CT molecular complexity index is 417. The van der Waals surface area contributed by atoms with Crippen LogP contribution in [0.4, 0.5) is 5.95 Å². The van der Waals surface area contributed by atoms with Crippen LogP contribution in [0.5, 0.6) is 5.88 Å². The van der Waals surface area contributed by atoms with Crippen LogP contribution in [0.25, 0.3) is 0 Å². The number of hydrogen-bond acceptors (Lipinski definition) is 5. The molecule has 2 rings (SSSR count). The summed E-state index contributed by atoms with van der Waals surface area (Å²) in [6.45, 7) is 8.87. The van der Waals surface area contributed by atoms with Gasteiger partial charge in [-0.3, -0.25) is 0 Å². The highest BCUT2D eigenvalue weighted by atomic mass is 16.5. The molecule has 0 spiro atoms. The monoisotopic (exact) mass is 265 g/mol. The lowest BCUT2D eigenvalue weighted by Crippen LogP contribution is -2.31. The summed E-state index contributed by atoms with van der Waals surface area (Å²) in [7, 11) is 0. The largest absolute Gasteiger partial charge is 0.475 e. The van der Waals surface area contributed by atoms with Crippen molar-refractivity contribution in [1.82, 2.24) is 9.97 Å². The van der Waals surface area contributed by atoms with Crippen molar-refractivity contribution < 1.29 is 9.47 Å². The maximum absolute atomic E-state index is 5.66. The number of nitrogens with zero attached hydrogens (tertiary/aromatic N) is 2. The Morgan fingerprint density at radius 2 is 2.16 bits per heavy atom. The highest BCUT2D eigenvalue weighted by molar-refractivity contribution is 5.32. The molecule has 1 aliphatic rings. The van der Waals surface area contributed by atoms with Crippen molar-refractivity contribution in [2.24, 2.45) is 0 Å². The number of nitrogens with one attached hydrogen (secondary N) is 1. The van der Waals surface area contributed by atoms with Gasteiger partial charge in [0.1, 0.15) is 0 Å². The minimum atomic E-state index is 0.109. The summed E-state index contributed by atoms with van der Waals surface area (Å²) in [4.78, 5) is 8.78. The van der Waals surface area contributed by atoms with Crippen LogP contribution >= 0.6 is 0 Å². The van der Waals surface area contributed by atoms with Crippen LogP contribution in [-0.2, 0) is 4.74 Å². The molecular formula is C14H23N3O2. The molecule has 1 aliphatic heterocycles. The molecule has 2 atom stereocenters. The van der Waals surface area contributed by atoms with E-state index < -0.39 is 0 Å². The van der Waals surface area contributed by atoms with Gasteiger partial charge in [0.15, 0.2) is 0 Å². The van der Waals surface area contributed by atoms with Gasteiger partial charge in [0.05, 0.1) is 18.2 Å². The fourth-order valence-corrected chi connectivity index (χ4v) is 2.20. The summed E-state index contributed by atoms with van der Waals surface area (Å²) in [5, 5.41) is 3.31. The molecule has 1 aromatic rings. The first-order valence-corrected chi connectivity index (χ1v) is 6.95. The second kappa shape index (κ2) is 6.19. The smallest absolute Gasteiger partial charge is 0.226 e. The minimum absolute atomic E-state index is 0.109. The van der Waals surface area contributed by atoms with Gasteiger partial charge in [-0.05, 0) is 40.5 Å². The third kappa shape index (κ3) is 4.06. The van der Waals surface area contributed by atoms with E-state index in [0.717, 1.165) is 25.1 Å². The Labute approximate surface area is 114 Å². The average molecular weight is 265 g/mol. The van der Waals surface area contributed by atoms with Gasteiger partial charge in [0.2, 0.25) is 11.8 Å². The fourth-order valence-electron chi connectivity index (χ4n) is 2.20. The molecule has 106 valence electrons. The first-order chi connectivity index (χ1) is 9.04. The summed E-state index contributed by atoms with van der Waals surface area (Å²) in [5.74, 6) is 1.23. The normalized spacial score (nSPS) is 20.6. The zero-order valence-corrected chi connectivity index (χ0v) is 12.1. The topological polar surface area (TPSA) is 56.3 Å². The predicted molar refractivity (Wildman–Crippen MR) is 74.6 cm³/mol. The average Bonchev–Trinajstić information content (AvgIpc) is 2.79. The number of aromatic nitrogens is 2. The van der Waals surface area contributed by atoms with Gasteiger partial charge in [-0.1, -0.05) is 0 Å². The van der Waals surface area contributed by atoms with E-state index in [1.54, 1.807) is 0 Å². The van der Waals surface area contributed by atoms with Crippen molar-refractivity contribution in [3.63, 3.8) is 0 Å². The molecule has 1 fully saturated rings. The van der Waals surface area contributed by atoms with E-state index in [0.29, 0.717) is 11.8 Å². The molecule has 0 aliphatic carbocycles. The summed E-state index contributed by atoms with van der Waals surface area (Å²) < 4.78 is 11.3. The van der Waals surface area contributed by atoms with E-state index in [-0.39, 0.29) is 18.2 Å². The van der Waals surface area contributed by atoms with Crippen LogP contribution in [0.1, 0.15) is 39.3 Å². The second-order valence-electron chi connectivity index (χ2n) is 5.32. The van der Waals surface area contributed by atoms with Crippen LogP contribution in [0.15, 0.2) is 6.07 Å². The SMILES string of the molecule is Cc1cc(OC(C)C)nc(NC(C)C2CCCO2)n1. The third-order valence-corrected chi connectivity index (χ3v) is 3.07. The summed E-state index contributed by atoms with van der Waals surface area (Å²) in [6.07, 6.45) is 2.58. The van der Waals surface area contributed by atoms with Gasteiger partial charge < -0.3 is 14.8 Å². The zero-order valence-electron chi connectivity index (χ0n) is 12.1. The Morgan fingerprint density at radius 3 is 2.79 bits per heavy atom. The van der Waals surface area contributed by atoms with E-state index in [2.05, 4.69) is 22.2 Å². The summed E-state index contributed by atoms with van der Waals surface area (Å²) in [6, 6.07) is 2.05. The van der Waals surface area contributed by atoms with Gasteiger partial charge in [0, 0.05) is 18.4 Å². The third-order valence-electron chi connectivity index (χ3n) is 3.07. The zero-order chi connectivity index (χ0) is 13.8. The van der Waals surface area contributed by atoms with Crippen molar-refractivity contribution in [3.05, 3.63) is 11.8 Å². The number of aryl methyl sites for hydroxylation is 1. The lowest BCUT2D eigenvalue weighted by molar-refractivity contribution is 0.0994. The first-order valence-electron chi connectivity index (χ1n) is 6.95. The van der Waals surface area contributed by atoms with E-state index in [9.17, 15) is 0 Å². The van der Waals surface area contributed by atoms with E-state index in [1.165, 1.54) is 0 Å². The molecule has 5 nitrogen and oxygen atoms in total. The Balaban J connectivity index is 2.04. The van der Waals surface area contributed by atoms with Crippen molar-refractivity contribution in [2.45, 2.75) is 58.8 Å². The van der Waals surface area contributed by atoms with Crippen LogP contribution in [-0.4, -0.2) is 34.8 Å². The molecular weight excluding hydrogens is 242 g/mol. The molecule has 0 saturated carbocycles. The van der Waals surface area contributed by atoms with Gasteiger partial charge in [0.25, 0.3) is 0 Å². The van der Waals surface area contributed by atoms with Crippen LogP contribution < -0.4 is 10.1 Å². The second-order valence-corrected chi connectivity index (χ2v) is 5.32. The number of anilines is 1. The number of hydrogen-bond donors (Lipinski definition) is 1. The summed E-state index contributed by atoms with van der Waals surface area (Å²) >= 11 is 0. The van der Waals surface area contributed by atoms with E-state index in [4.69, 9.17) is 9.47 Å². The quantitative estimate of drug-likeness (QED) is 0.886. The lowest BCUT2D eigenvalue weighted by Gasteiger charge is -2.20. The molecule has 0 aromatic carbocycles. The highest BCUT2D eigenvalue weighted by Crippen LogP contribution is 2.19. The van der Waals surface area contributed by atoms with E-state index >= 15 is 0 Å².